The predicted octanol–water partition coefficient (Wildman–Crippen LogP) is 6.75. The maximum Gasteiger partial charge on any atom is 0.141 e. The molecule has 1 aromatic carbocycles. The number of allylic oxidation sites excluding steroid dienone is 1. The summed E-state index contributed by atoms with van der Waals surface area (Å²) in [6, 6.07) is 10.6. The molecule has 1 N–H and O–H groups in total. The minimum Gasteiger partial charge on any atom is -0.512 e. The third-order valence-corrected chi connectivity index (χ3v) is 7.47. The minimum atomic E-state index is -0.503. The number of aromatic nitrogens is 3. The molecule has 1 aliphatic heterocycles. The molecular weight excluding hydrogens is 438 g/mol. The molecule has 0 aliphatic carbocycles. The Morgan fingerprint density at radius 3 is 2.49 bits per heavy atom. The Morgan fingerprint density at radius 1 is 1.14 bits per heavy atom. The van der Waals surface area contributed by atoms with Gasteiger partial charge in [0.15, 0.2) is 0 Å². The number of aliphatic hydroxyl groups is 1. The van der Waals surface area contributed by atoms with Gasteiger partial charge < -0.3 is 18.9 Å². The number of pyridine rings is 1. The summed E-state index contributed by atoms with van der Waals surface area (Å²) >= 11 is 0. The number of fused-ring (bicyclic) bond motifs is 1. The van der Waals surface area contributed by atoms with Crippen molar-refractivity contribution >= 4 is 11.0 Å². The fourth-order valence-electron chi connectivity index (χ4n) is 5.00. The lowest BCUT2D eigenvalue weighted by atomic mass is 9.82. The molecule has 0 bridgehead atoms. The molecule has 0 radical (unpaired) electrons. The summed E-state index contributed by atoms with van der Waals surface area (Å²) < 4.78 is 13.4. The Labute approximate surface area is 206 Å². The molecule has 4 heterocycles. The van der Waals surface area contributed by atoms with Gasteiger partial charge in [-0.2, -0.15) is 0 Å². The second-order valence-electron chi connectivity index (χ2n) is 10.2. The number of aliphatic hydroxyl groups excluding tert-OH is 1. The Balaban J connectivity index is 1.60. The number of hydrogen-bond acceptors (Lipinski definition) is 5. The van der Waals surface area contributed by atoms with Gasteiger partial charge in [0.1, 0.15) is 5.76 Å². The van der Waals surface area contributed by atoms with E-state index in [0.717, 1.165) is 82.9 Å². The summed E-state index contributed by atoms with van der Waals surface area (Å²) in [5, 5.41) is 14.2. The Hall–Kier alpha value is -3.38. The van der Waals surface area contributed by atoms with Crippen LogP contribution in [0.25, 0.3) is 33.3 Å². The highest BCUT2D eigenvalue weighted by atomic mass is 16.5. The lowest BCUT2D eigenvalue weighted by Gasteiger charge is -2.24. The van der Waals surface area contributed by atoms with Crippen LogP contribution in [0, 0.1) is 19.8 Å². The summed E-state index contributed by atoms with van der Waals surface area (Å²) in [4.78, 5) is 4.94. The molecule has 1 fully saturated rings. The highest BCUT2D eigenvalue weighted by Crippen LogP contribution is 2.36. The van der Waals surface area contributed by atoms with E-state index >= 15 is 0 Å². The Bertz CT molecular complexity index is 1350. The van der Waals surface area contributed by atoms with Crippen molar-refractivity contribution in [3.8, 4) is 22.3 Å². The molecule has 1 saturated heterocycles. The molecule has 0 saturated carbocycles. The number of hydrogen-bond donors (Lipinski definition) is 1. The van der Waals surface area contributed by atoms with Crippen LogP contribution in [-0.2, 0) is 16.7 Å². The normalized spacial score (nSPS) is 15.1. The number of rotatable bonds is 6. The predicted molar refractivity (Wildman–Crippen MR) is 138 cm³/mol. The van der Waals surface area contributed by atoms with Gasteiger partial charge in [-0.15, -0.1) is 0 Å². The lowest BCUT2D eigenvalue weighted by molar-refractivity contribution is 0.0616. The van der Waals surface area contributed by atoms with Crippen LogP contribution in [0.5, 0.6) is 0 Å². The lowest BCUT2D eigenvalue weighted by Crippen LogP contribution is -2.20. The van der Waals surface area contributed by atoms with Crippen LogP contribution in [0.2, 0.25) is 0 Å². The van der Waals surface area contributed by atoms with Crippen molar-refractivity contribution in [2.45, 2.75) is 52.5 Å². The first-order valence-electron chi connectivity index (χ1n) is 12.2. The second kappa shape index (κ2) is 9.00. The van der Waals surface area contributed by atoms with Gasteiger partial charge in [0, 0.05) is 54.3 Å². The molecule has 0 spiro atoms. The van der Waals surface area contributed by atoms with Gasteiger partial charge in [0.2, 0.25) is 0 Å². The van der Waals surface area contributed by atoms with E-state index < -0.39 is 5.41 Å². The zero-order chi connectivity index (χ0) is 24.7. The standard InChI is InChI=1S/C29H33N3O3/c1-18-27(19(2)35-31-18)23-14-26-28(30-15-23)25(17-32(26)16-21-10-12-34-13-11-21)22-6-8-24(9-7-22)29(4,5)20(3)33/h6-9,14-15,17,21,33H,3,10-13,16H2,1-2,4-5H3. The first-order valence-corrected chi connectivity index (χ1v) is 12.2. The first kappa shape index (κ1) is 23.4. The topological polar surface area (TPSA) is 73.3 Å². The van der Waals surface area contributed by atoms with Crippen molar-refractivity contribution in [3.05, 3.63) is 72.1 Å². The third-order valence-electron chi connectivity index (χ3n) is 7.47. The van der Waals surface area contributed by atoms with Gasteiger partial charge >= 0.3 is 0 Å². The third kappa shape index (κ3) is 4.27. The molecule has 6 heteroatoms. The number of benzene rings is 1. The van der Waals surface area contributed by atoms with Gasteiger partial charge in [0.25, 0.3) is 0 Å². The summed E-state index contributed by atoms with van der Waals surface area (Å²) in [6.45, 7) is 14.2. The van der Waals surface area contributed by atoms with E-state index in [0.29, 0.717) is 5.92 Å². The van der Waals surface area contributed by atoms with Crippen LogP contribution in [0.3, 0.4) is 0 Å². The highest BCUT2D eigenvalue weighted by molar-refractivity contribution is 5.95. The first-order chi connectivity index (χ1) is 16.8. The Morgan fingerprint density at radius 2 is 1.86 bits per heavy atom. The van der Waals surface area contributed by atoms with Crippen LogP contribution in [0.15, 0.2) is 59.6 Å². The SMILES string of the molecule is C=C(O)C(C)(C)c1ccc(-c2cn(CC3CCOCC3)c3cc(-c4c(C)noc4C)cnc23)cc1. The molecule has 6 nitrogen and oxygen atoms in total. The van der Waals surface area contributed by atoms with Crippen LogP contribution >= 0.6 is 0 Å². The number of nitrogens with zero attached hydrogens (tertiary/aromatic N) is 3. The smallest absolute Gasteiger partial charge is 0.141 e. The van der Waals surface area contributed by atoms with Crippen molar-refractivity contribution < 1.29 is 14.4 Å². The zero-order valence-electron chi connectivity index (χ0n) is 21.0. The summed E-state index contributed by atoms with van der Waals surface area (Å²) in [6.07, 6.45) is 6.29. The van der Waals surface area contributed by atoms with E-state index in [1.165, 1.54) is 0 Å². The average Bonchev–Trinajstić information content (AvgIpc) is 3.38. The van der Waals surface area contributed by atoms with E-state index in [2.05, 4.69) is 52.8 Å². The average molecular weight is 472 g/mol. The maximum atomic E-state index is 10.0. The summed E-state index contributed by atoms with van der Waals surface area (Å²) in [5.74, 6) is 1.54. The molecule has 35 heavy (non-hydrogen) atoms. The van der Waals surface area contributed by atoms with Crippen LogP contribution in [0.1, 0.15) is 43.7 Å². The second-order valence-corrected chi connectivity index (χ2v) is 10.2. The van der Waals surface area contributed by atoms with Crippen molar-refractivity contribution in [2.75, 3.05) is 13.2 Å². The molecule has 4 aromatic rings. The Kier molecular flexibility index (Phi) is 6.01. The van der Waals surface area contributed by atoms with Crippen LogP contribution in [-0.4, -0.2) is 33.0 Å². The molecular formula is C29H33N3O3. The van der Waals surface area contributed by atoms with E-state index in [9.17, 15) is 5.11 Å². The van der Waals surface area contributed by atoms with Crippen LogP contribution < -0.4 is 0 Å². The summed E-state index contributed by atoms with van der Waals surface area (Å²) in [5.41, 5.74) is 7.70. The molecule has 0 atom stereocenters. The van der Waals surface area contributed by atoms with Gasteiger partial charge in [0.05, 0.1) is 22.5 Å². The van der Waals surface area contributed by atoms with Crippen molar-refractivity contribution in [1.29, 1.82) is 0 Å². The van der Waals surface area contributed by atoms with Gasteiger partial charge in [-0.1, -0.05) is 36.0 Å². The van der Waals surface area contributed by atoms with Gasteiger partial charge in [-0.3, -0.25) is 4.98 Å². The van der Waals surface area contributed by atoms with Gasteiger partial charge in [-0.25, -0.2) is 0 Å². The monoisotopic (exact) mass is 471 g/mol. The molecule has 1 aliphatic rings. The molecule has 0 unspecified atom stereocenters. The van der Waals surface area contributed by atoms with E-state index in [4.69, 9.17) is 14.2 Å². The quantitative estimate of drug-likeness (QED) is 0.315. The zero-order valence-corrected chi connectivity index (χ0v) is 21.0. The molecule has 5 rings (SSSR count). The fraction of sp³-hybridized carbons (Fsp3) is 0.379. The van der Waals surface area contributed by atoms with Crippen LogP contribution in [0.4, 0.5) is 0 Å². The number of ether oxygens (including phenoxy) is 1. The molecule has 0 amide bonds. The van der Waals surface area contributed by atoms with E-state index in [1.807, 2.05) is 33.9 Å². The molecule has 182 valence electrons. The number of aryl methyl sites for hydroxylation is 2. The van der Waals surface area contributed by atoms with Crippen molar-refractivity contribution in [3.63, 3.8) is 0 Å². The summed E-state index contributed by atoms with van der Waals surface area (Å²) in [7, 11) is 0. The highest BCUT2D eigenvalue weighted by Gasteiger charge is 2.25. The van der Waals surface area contributed by atoms with Gasteiger partial charge in [-0.05, 0) is 63.6 Å². The van der Waals surface area contributed by atoms with Crippen molar-refractivity contribution in [2.24, 2.45) is 5.92 Å². The van der Waals surface area contributed by atoms with Crippen molar-refractivity contribution in [1.82, 2.24) is 14.7 Å². The van der Waals surface area contributed by atoms with E-state index in [-0.39, 0.29) is 5.76 Å². The molecule has 3 aromatic heterocycles. The fourth-order valence-corrected chi connectivity index (χ4v) is 5.00. The minimum absolute atomic E-state index is 0.159. The maximum absolute atomic E-state index is 10.0. The van der Waals surface area contributed by atoms with E-state index in [1.54, 1.807) is 0 Å². The largest absolute Gasteiger partial charge is 0.512 e.